The molecule has 2 nitrogen and oxygen atoms in total. The fraction of sp³-hybridized carbons (Fsp3) is 1.00. The Morgan fingerprint density at radius 3 is 2.58 bits per heavy atom. The van der Waals surface area contributed by atoms with E-state index in [4.69, 9.17) is 5.11 Å². The zero-order chi connectivity index (χ0) is 8.97. The maximum absolute atomic E-state index is 9.13. The van der Waals surface area contributed by atoms with Crippen LogP contribution < -0.4 is 5.32 Å². The minimum Gasteiger partial charge on any atom is -0.396 e. The van der Waals surface area contributed by atoms with Gasteiger partial charge in [0.15, 0.2) is 0 Å². The lowest BCUT2D eigenvalue weighted by atomic mass is 9.85. The molecule has 2 unspecified atom stereocenters. The molecule has 0 aromatic heterocycles. The Morgan fingerprint density at radius 2 is 2.00 bits per heavy atom. The van der Waals surface area contributed by atoms with Crippen molar-refractivity contribution in [3.8, 4) is 0 Å². The first-order chi connectivity index (χ1) is 5.74. The molecule has 0 bridgehead atoms. The average molecular weight is 171 g/mol. The molecule has 12 heavy (non-hydrogen) atoms. The fourth-order valence-electron chi connectivity index (χ4n) is 2.07. The highest BCUT2D eigenvalue weighted by Crippen LogP contribution is 2.24. The summed E-state index contributed by atoms with van der Waals surface area (Å²) in [5, 5.41) is 12.7. The van der Waals surface area contributed by atoms with Crippen LogP contribution in [0.4, 0.5) is 0 Å². The first kappa shape index (κ1) is 10.0. The quantitative estimate of drug-likeness (QED) is 0.675. The first-order valence-electron chi connectivity index (χ1n) is 5.11. The van der Waals surface area contributed by atoms with E-state index < -0.39 is 0 Å². The molecule has 1 fully saturated rings. The Balaban J connectivity index is 2.36. The number of rotatable bonds is 3. The Morgan fingerprint density at radius 1 is 1.33 bits per heavy atom. The molecule has 0 aromatic rings. The van der Waals surface area contributed by atoms with Gasteiger partial charge in [0, 0.05) is 18.7 Å². The maximum Gasteiger partial charge on any atom is 0.0474 e. The molecule has 1 saturated carbocycles. The van der Waals surface area contributed by atoms with E-state index in [0.717, 1.165) is 0 Å². The van der Waals surface area contributed by atoms with Crippen molar-refractivity contribution < 1.29 is 5.11 Å². The minimum atomic E-state index is 0.352. The Bertz CT molecular complexity index is 125. The van der Waals surface area contributed by atoms with Gasteiger partial charge in [-0.3, -0.25) is 0 Å². The van der Waals surface area contributed by atoms with Crippen molar-refractivity contribution in [1.82, 2.24) is 5.32 Å². The van der Waals surface area contributed by atoms with E-state index in [2.05, 4.69) is 19.2 Å². The summed E-state index contributed by atoms with van der Waals surface area (Å²) in [6.07, 6.45) is 5.05. The van der Waals surface area contributed by atoms with Gasteiger partial charge in [-0.1, -0.05) is 26.7 Å². The summed E-state index contributed by atoms with van der Waals surface area (Å²) in [5.41, 5.74) is 0. The minimum absolute atomic E-state index is 0.352. The molecular formula is C10H21NO. The lowest BCUT2D eigenvalue weighted by Crippen LogP contribution is -2.43. The van der Waals surface area contributed by atoms with E-state index >= 15 is 0 Å². The highest BCUT2D eigenvalue weighted by atomic mass is 16.3. The third-order valence-electron chi connectivity index (χ3n) is 2.69. The van der Waals surface area contributed by atoms with Crippen molar-refractivity contribution in [3.05, 3.63) is 0 Å². The summed E-state index contributed by atoms with van der Waals surface area (Å²) in [5.74, 6) is 0.501. The second kappa shape index (κ2) is 4.83. The molecule has 1 aliphatic rings. The van der Waals surface area contributed by atoms with Crippen molar-refractivity contribution in [2.45, 2.75) is 51.6 Å². The van der Waals surface area contributed by atoms with Gasteiger partial charge in [-0.25, -0.2) is 0 Å². The Hall–Kier alpha value is -0.0800. The summed E-state index contributed by atoms with van der Waals surface area (Å²) in [7, 11) is 0. The number of aliphatic hydroxyl groups is 1. The van der Waals surface area contributed by atoms with Gasteiger partial charge in [-0.05, 0) is 18.8 Å². The second-order valence-corrected chi connectivity index (χ2v) is 4.15. The lowest BCUT2D eigenvalue weighted by molar-refractivity contribution is 0.148. The van der Waals surface area contributed by atoms with Crippen molar-refractivity contribution in [2.24, 2.45) is 5.92 Å². The molecule has 2 heteroatoms. The monoisotopic (exact) mass is 171 g/mol. The molecule has 0 heterocycles. The molecule has 0 aromatic carbocycles. The zero-order valence-electron chi connectivity index (χ0n) is 8.21. The van der Waals surface area contributed by atoms with Crippen molar-refractivity contribution in [1.29, 1.82) is 0 Å². The van der Waals surface area contributed by atoms with Crippen LogP contribution in [0, 0.1) is 5.92 Å². The SMILES string of the molecule is CC(C)NC1CCCCC1CO. The zero-order valence-corrected chi connectivity index (χ0v) is 8.21. The molecule has 1 aliphatic carbocycles. The van der Waals surface area contributed by atoms with E-state index in [0.29, 0.717) is 24.6 Å². The molecule has 72 valence electrons. The van der Waals surface area contributed by atoms with E-state index in [-0.39, 0.29) is 0 Å². The molecule has 0 radical (unpaired) electrons. The van der Waals surface area contributed by atoms with Gasteiger partial charge in [0.1, 0.15) is 0 Å². The van der Waals surface area contributed by atoms with Gasteiger partial charge in [0.05, 0.1) is 0 Å². The number of hydrogen-bond donors (Lipinski definition) is 2. The molecule has 1 rings (SSSR count). The van der Waals surface area contributed by atoms with Crippen LogP contribution in [0.1, 0.15) is 39.5 Å². The summed E-state index contributed by atoms with van der Waals surface area (Å²) in [6.45, 7) is 4.69. The van der Waals surface area contributed by atoms with Crippen molar-refractivity contribution in [3.63, 3.8) is 0 Å². The van der Waals surface area contributed by atoms with Crippen LogP contribution in [0.25, 0.3) is 0 Å². The molecule has 2 N–H and O–H groups in total. The number of aliphatic hydroxyl groups excluding tert-OH is 1. The van der Waals surface area contributed by atoms with Gasteiger partial charge < -0.3 is 10.4 Å². The Labute approximate surface area is 75.4 Å². The standard InChI is InChI=1S/C10H21NO/c1-8(2)11-10-6-4-3-5-9(10)7-12/h8-12H,3-7H2,1-2H3. The van der Waals surface area contributed by atoms with Crippen molar-refractivity contribution >= 4 is 0 Å². The molecule has 0 amide bonds. The second-order valence-electron chi connectivity index (χ2n) is 4.15. The molecule has 0 saturated heterocycles. The number of hydrogen-bond acceptors (Lipinski definition) is 2. The largest absolute Gasteiger partial charge is 0.396 e. The van der Waals surface area contributed by atoms with Crippen LogP contribution in [-0.4, -0.2) is 23.8 Å². The molecule has 2 atom stereocenters. The van der Waals surface area contributed by atoms with Gasteiger partial charge in [0.2, 0.25) is 0 Å². The van der Waals surface area contributed by atoms with Gasteiger partial charge in [-0.2, -0.15) is 0 Å². The van der Waals surface area contributed by atoms with E-state index in [9.17, 15) is 0 Å². The summed E-state index contributed by atoms with van der Waals surface area (Å²) in [4.78, 5) is 0. The highest BCUT2D eigenvalue weighted by molar-refractivity contribution is 4.81. The first-order valence-corrected chi connectivity index (χ1v) is 5.11. The molecule has 0 spiro atoms. The van der Waals surface area contributed by atoms with E-state index in [1.54, 1.807) is 0 Å². The van der Waals surface area contributed by atoms with Crippen LogP contribution in [-0.2, 0) is 0 Å². The normalized spacial score (nSPS) is 31.0. The van der Waals surface area contributed by atoms with Gasteiger partial charge in [0.25, 0.3) is 0 Å². The topological polar surface area (TPSA) is 32.3 Å². The summed E-state index contributed by atoms with van der Waals surface area (Å²) in [6, 6.07) is 1.10. The Kier molecular flexibility index (Phi) is 4.02. The highest BCUT2D eigenvalue weighted by Gasteiger charge is 2.24. The maximum atomic E-state index is 9.13. The predicted octanol–water partition coefficient (Wildman–Crippen LogP) is 1.54. The van der Waals surface area contributed by atoms with Crippen LogP contribution in [0.2, 0.25) is 0 Å². The predicted molar refractivity (Wildman–Crippen MR) is 51.1 cm³/mol. The van der Waals surface area contributed by atoms with Gasteiger partial charge >= 0.3 is 0 Å². The van der Waals surface area contributed by atoms with Crippen LogP contribution in [0.5, 0.6) is 0 Å². The van der Waals surface area contributed by atoms with Gasteiger partial charge in [-0.15, -0.1) is 0 Å². The third-order valence-corrected chi connectivity index (χ3v) is 2.69. The van der Waals surface area contributed by atoms with E-state index in [1.807, 2.05) is 0 Å². The van der Waals surface area contributed by atoms with Crippen LogP contribution >= 0.6 is 0 Å². The lowest BCUT2D eigenvalue weighted by Gasteiger charge is -2.32. The van der Waals surface area contributed by atoms with E-state index in [1.165, 1.54) is 25.7 Å². The van der Waals surface area contributed by atoms with Crippen molar-refractivity contribution in [2.75, 3.05) is 6.61 Å². The van der Waals surface area contributed by atoms with Crippen LogP contribution in [0.3, 0.4) is 0 Å². The molecule has 0 aliphatic heterocycles. The molecular weight excluding hydrogens is 150 g/mol. The third kappa shape index (κ3) is 2.76. The smallest absolute Gasteiger partial charge is 0.0474 e. The summed E-state index contributed by atoms with van der Waals surface area (Å²) >= 11 is 0. The average Bonchev–Trinajstić information content (AvgIpc) is 2.04. The number of nitrogens with one attached hydrogen (secondary N) is 1. The summed E-state index contributed by atoms with van der Waals surface area (Å²) < 4.78 is 0. The van der Waals surface area contributed by atoms with Crippen LogP contribution in [0.15, 0.2) is 0 Å². The fourth-order valence-corrected chi connectivity index (χ4v) is 2.07.